The molecule has 4 nitrogen and oxygen atoms in total. The molecule has 1 aliphatic rings. The molecule has 0 radical (unpaired) electrons. The van der Waals surface area contributed by atoms with Crippen molar-refractivity contribution < 1.29 is 18.4 Å². The van der Waals surface area contributed by atoms with Crippen LogP contribution < -0.4 is 10.2 Å². The van der Waals surface area contributed by atoms with E-state index in [0.717, 1.165) is 25.0 Å². The van der Waals surface area contributed by atoms with Gasteiger partial charge in [-0.25, -0.2) is 8.78 Å². The van der Waals surface area contributed by atoms with Gasteiger partial charge in [-0.05, 0) is 49.6 Å². The van der Waals surface area contributed by atoms with Crippen molar-refractivity contribution >= 4 is 17.5 Å². The van der Waals surface area contributed by atoms with Crippen molar-refractivity contribution in [1.29, 1.82) is 0 Å². The number of hydrogen-bond acceptors (Lipinski definition) is 2. The zero-order valence-electron chi connectivity index (χ0n) is 14.6. The fourth-order valence-electron chi connectivity index (χ4n) is 2.82. The van der Waals surface area contributed by atoms with E-state index in [2.05, 4.69) is 5.32 Å². The van der Waals surface area contributed by atoms with Crippen molar-refractivity contribution in [3.8, 4) is 0 Å². The van der Waals surface area contributed by atoms with Crippen LogP contribution in [0.5, 0.6) is 0 Å². The second-order valence-electron chi connectivity index (χ2n) is 6.56. The van der Waals surface area contributed by atoms with Gasteiger partial charge in [0.2, 0.25) is 5.91 Å². The highest BCUT2D eigenvalue weighted by molar-refractivity contribution is 6.05. The molecule has 2 amide bonds. The van der Waals surface area contributed by atoms with Crippen molar-refractivity contribution in [2.45, 2.75) is 25.8 Å². The first kappa shape index (κ1) is 18.0. The highest BCUT2D eigenvalue weighted by atomic mass is 19.2. The van der Waals surface area contributed by atoms with Gasteiger partial charge in [-0.3, -0.25) is 9.59 Å². The molecule has 1 saturated carbocycles. The van der Waals surface area contributed by atoms with Crippen LogP contribution in [0.1, 0.15) is 41.7 Å². The number of halogens is 2. The van der Waals surface area contributed by atoms with Crippen LogP contribution in [0.25, 0.3) is 0 Å². The van der Waals surface area contributed by atoms with Gasteiger partial charge in [-0.2, -0.15) is 0 Å². The van der Waals surface area contributed by atoms with Gasteiger partial charge in [0.15, 0.2) is 11.6 Å². The monoisotopic (exact) mass is 358 g/mol. The lowest BCUT2D eigenvalue weighted by Gasteiger charge is -2.21. The average Bonchev–Trinajstić information content (AvgIpc) is 3.47. The summed E-state index contributed by atoms with van der Waals surface area (Å²) >= 11 is 0. The molecule has 1 atom stereocenters. The van der Waals surface area contributed by atoms with Crippen LogP contribution in [-0.4, -0.2) is 18.9 Å². The molecule has 3 rings (SSSR count). The average molecular weight is 358 g/mol. The third-order valence-corrected chi connectivity index (χ3v) is 4.56. The number of amides is 2. The SMILES string of the molecule is CC(NC(=O)c1ccccc1N(C)C(=O)C1CC1)c1ccc(F)c(F)c1. The first-order chi connectivity index (χ1) is 12.4. The summed E-state index contributed by atoms with van der Waals surface area (Å²) in [6.07, 6.45) is 1.76. The minimum atomic E-state index is -0.959. The second-order valence-corrected chi connectivity index (χ2v) is 6.56. The van der Waals surface area contributed by atoms with Gasteiger partial charge in [-0.15, -0.1) is 0 Å². The van der Waals surface area contributed by atoms with Crippen molar-refractivity contribution in [2.75, 3.05) is 11.9 Å². The Kier molecular flexibility index (Phi) is 5.02. The number of nitrogens with one attached hydrogen (secondary N) is 1. The number of nitrogens with zero attached hydrogens (tertiary/aromatic N) is 1. The van der Waals surface area contributed by atoms with E-state index in [-0.39, 0.29) is 17.7 Å². The van der Waals surface area contributed by atoms with E-state index >= 15 is 0 Å². The molecule has 1 unspecified atom stereocenters. The maximum Gasteiger partial charge on any atom is 0.253 e. The molecule has 0 spiro atoms. The number of rotatable bonds is 5. The van der Waals surface area contributed by atoms with E-state index in [0.29, 0.717) is 16.8 Å². The normalized spacial score (nSPS) is 14.6. The molecule has 26 heavy (non-hydrogen) atoms. The summed E-state index contributed by atoms with van der Waals surface area (Å²) in [7, 11) is 1.66. The Balaban J connectivity index is 1.79. The highest BCUT2D eigenvalue weighted by Gasteiger charge is 2.33. The topological polar surface area (TPSA) is 49.4 Å². The maximum absolute atomic E-state index is 13.4. The van der Waals surface area contributed by atoms with E-state index in [1.54, 1.807) is 38.2 Å². The van der Waals surface area contributed by atoms with Gasteiger partial charge in [0.05, 0.1) is 17.3 Å². The summed E-state index contributed by atoms with van der Waals surface area (Å²) in [6, 6.07) is 9.85. The van der Waals surface area contributed by atoms with Crippen LogP contribution in [0.2, 0.25) is 0 Å². The minimum Gasteiger partial charge on any atom is -0.345 e. The van der Waals surface area contributed by atoms with E-state index < -0.39 is 17.7 Å². The molecule has 2 aromatic carbocycles. The third-order valence-electron chi connectivity index (χ3n) is 4.56. The van der Waals surface area contributed by atoms with Crippen LogP contribution in [0.4, 0.5) is 14.5 Å². The second kappa shape index (κ2) is 7.23. The third kappa shape index (κ3) is 3.74. The number of carbonyl (C=O) groups excluding carboxylic acids is 2. The van der Waals surface area contributed by atoms with Crippen LogP contribution in [-0.2, 0) is 4.79 Å². The lowest BCUT2D eigenvalue weighted by Crippen LogP contribution is -2.32. The summed E-state index contributed by atoms with van der Waals surface area (Å²) in [5, 5.41) is 2.77. The largest absolute Gasteiger partial charge is 0.345 e. The summed E-state index contributed by atoms with van der Waals surface area (Å²) < 4.78 is 26.5. The lowest BCUT2D eigenvalue weighted by atomic mass is 10.1. The Bertz CT molecular complexity index is 849. The smallest absolute Gasteiger partial charge is 0.253 e. The van der Waals surface area contributed by atoms with Crippen molar-refractivity contribution in [1.82, 2.24) is 5.32 Å². The van der Waals surface area contributed by atoms with Crippen molar-refractivity contribution in [3.05, 3.63) is 65.2 Å². The van der Waals surface area contributed by atoms with Gasteiger partial charge in [0.25, 0.3) is 5.91 Å². The molecule has 0 aliphatic heterocycles. The molecular weight excluding hydrogens is 338 g/mol. The van der Waals surface area contributed by atoms with Crippen molar-refractivity contribution in [3.63, 3.8) is 0 Å². The van der Waals surface area contributed by atoms with Crippen LogP contribution >= 0.6 is 0 Å². The van der Waals surface area contributed by atoms with Gasteiger partial charge < -0.3 is 10.2 Å². The molecule has 6 heteroatoms. The minimum absolute atomic E-state index is 0.00101. The van der Waals surface area contributed by atoms with Gasteiger partial charge >= 0.3 is 0 Å². The highest BCUT2D eigenvalue weighted by Crippen LogP contribution is 2.33. The molecule has 0 saturated heterocycles. The first-order valence-corrected chi connectivity index (χ1v) is 8.51. The summed E-state index contributed by atoms with van der Waals surface area (Å²) in [5.74, 6) is -2.24. The summed E-state index contributed by atoms with van der Waals surface area (Å²) in [4.78, 5) is 26.5. The fraction of sp³-hybridized carbons (Fsp3) is 0.300. The molecule has 0 aromatic heterocycles. The number of anilines is 1. The molecule has 1 aliphatic carbocycles. The van der Waals surface area contributed by atoms with E-state index in [1.807, 2.05) is 0 Å². The van der Waals surface area contributed by atoms with Gasteiger partial charge in [0, 0.05) is 13.0 Å². The number of hydrogen-bond donors (Lipinski definition) is 1. The Morgan fingerprint density at radius 1 is 1.12 bits per heavy atom. The van der Waals surface area contributed by atoms with Gasteiger partial charge in [0.1, 0.15) is 0 Å². The van der Waals surface area contributed by atoms with Crippen LogP contribution in [0.15, 0.2) is 42.5 Å². The molecular formula is C20H20F2N2O2. The summed E-state index contributed by atoms with van der Waals surface area (Å²) in [6.45, 7) is 1.69. The quantitative estimate of drug-likeness (QED) is 0.883. The van der Waals surface area contributed by atoms with Gasteiger partial charge in [-0.1, -0.05) is 18.2 Å². The van der Waals surface area contributed by atoms with E-state index in [1.165, 1.54) is 11.0 Å². The van der Waals surface area contributed by atoms with Crippen LogP contribution in [0.3, 0.4) is 0 Å². The molecule has 136 valence electrons. The molecule has 1 fully saturated rings. The lowest BCUT2D eigenvalue weighted by molar-refractivity contribution is -0.119. The predicted octanol–water partition coefficient (Wildman–Crippen LogP) is 3.83. The molecule has 0 heterocycles. The molecule has 1 N–H and O–H groups in total. The fourth-order valence-corrected chi connectivity index (χ4v) is 2.82. The number of carbonyl (C=O) groups is 2. The molecule has 0 bridgehead atoms. The Hall–Kier alpha value is -2.76. The summed E-state index contributed by atoms with van der Waals surface area (Å²) in [5.41, 5.74) is 1.34. The standard InChI is InChI=1S/C20H20F2N2O2/c1-12(14-9-10-16(21)17(22)11-14)23-19(25)15-5-3-4-6-18(15)24(2)20(26)13-7-8-13/h3-6,9-13H,7-8H2,1-2H3,(H,23,25). The Morgan fingerprint density at radius 2 is 1.81 bits per heavy atom. The number of benzene rings is 2. The Morgan fingerprint density at radius 3 is 2.46 bits per heavy atom. The molecule has 2 aromatic rings. The van der Waals surface area contributed by atoms with Crippen LogP contribution in [0, 0.1) is 17.6 Å². The predicted molar refractivity (Wildman–Crippen MR) is 94.8 cm³/mol. The Labute approximate surface area is 150 Å². The first-order valence-electron chi connectivity index (χ1n) is 8.51. The number of para-hydroxylation sites is 1. The maximum atomic E-state index is 13.4. The van der Waals surface area contributed by atoms with E-state index in [4.69, 9.17) is 0 Å². The van der Waals surface area contributed by atoms with E-state index in [9.17, 15) is 18.4 Å². The zero-order valence-corrected chi connectivity index (χ0v) is 14.6. The zero-order chi connectivity index (χ0) is 18.8. The van der Waals surface area contributed by atoms with Crippen molar-refractivity contribution in [2.24, 2.45) is 5.92 Å².